The Morgan fingerprint density at radius 1 is 0.947 bits per heavy atom. The fourth-order valence-corrected chi connectivity index (χ4v) is 10.0. The second kappa shape index (κ2) is 18.9. The van der Waals surface area contributed by atoms with Crippen LogP contribution in [-0.2, 0) is 47.5 Å². The van der Waals surface area contributed by atoms with Crippen molar-refractivity contribution in [1.29, 1.82) is 0 Å². The van der Waals surface area contributed by atoms with Gasteiger partial charge in [-0.1, -0.05) is 48.0 Å². The Morgan fingerprint density at radius 3 is 2.16 bits per heavy atom. The highest BCUT2D eigenvalue weighted by Gasteiger charge is 2.41. The second-order valence-corrected chi connectivity index (χ2v) is 20.3. The predicted octanol–water partition coefficient (Wildman–Crippen LogP) is 9.10. The first-order valence-corrected chi connectivity index (χ1v) is 22.6. The van der Waals surface area contributed by atoms with Gasteiger partial charge in [-0.2, -0.15) is 4.31 Å². The first-order valence-electron chi connectivity index (χ1n) is 19.6. The summed E-state index contributed by atoms with van der Waals surface area (Å²) in [7, 11) is -0.825. The maximum Gasteiger partial charge on any atom is 0.243 e. The highest BCUT2D eigenvalue weighted by Crippen LogP contribution is 2.42. The molecule has 1 heterocycles. The van der Waals surface area contributed by atoms with Gasteiger partial charge in [-0.3, -0.25) is 0 Å². The number of rotatable bonds is 14. The number of anilines is 1. The molecule has 0 saturated heterocycles. The van der Waals surface area contributed by atoms with E-state index in [0.717, 1.165) is 60.0 Å². The van der Waals surface area contributed by atoms with E-state index in [0.29, 0.717) is 42.0 Å². The van der Waals surface area contributed by atoms with Crippen LogP contribution in [0.3, 0.4) is 0 Å². The molecule has 1 aliphatic carbocycles. The monoisotopic (exact) mass is 833 g/mol. The molecule has 2 aliphatic rings. The predicted molar refractivity (Wildman–Crippen MR) is 231 cm³/mol. The van der Waals surface area contributed by atoms with Crippen LogP contribution in [0.5, 0.6) is 17.2 Å². The molecule has 6 rings (SSSR count). The molecular formula is C45H56ClN3O6S2. The van der Waals surface area contributed by atoms with Crippen molar-refractivity contribution in [1.82, 2.24) is 9.03 Å². The number of hydrogen-bond donors (Lipinski definition) is 1. The zero-order valence-electron chi connectivity index (χ0n) is 33.7. The van der Waals surface area contributed by atoms with Gasteiger partial charge in [0.25, 0.3) is 0 Å². The van der Waals surface area contributed by atoms with Gasteiger partial charge in [-0.25, -0.2) is 8.42 Å². The summed E-state index contributed by atoms with van der Waals surface area (Å²) >= 11 is 5.18. The number of halogens is 1. The summed E-state index contributed by atoms with van der Waals surface area (Å²) < 4.78 is 64.8. The minimum absolute atomic E-state index is 0.112. The van der Waals surface area contributed by atoms with Gasteiger partial charge in [0, 0.05) is 42.6 Å². The Hall–Kier alpha value is -3.71. The molecule has 1 fully saturated rings. The van der Waals surface area contributed by atoms with E-state index in [2.05, 4.69) is 16.2 Å². The third-order valence-corrected chi connectivity index (χ3v) is 14.7. The van der Waals surface area contributed by atoms with E-state index in [-0.39, 0.29) is 35.9 Å². The van der Waals surface area contributed by atoms with Crippen molar-refractivity contribution in [2.24, 2.45) is 11.8 Å². The maximum atomic E-state index is 14.9. The smallest absolute Gasteiger partial charge is 0.243 e. The van der Waals surface area contributed by atoms with Crippen LogP contribution in [0.2, 0.25) is 5.02 Å². The van der Waals surface area contributed by atoms with Crippen LogP contribution in [0.25, 0.3) is 0 Å². The standard InChI is InChI=1S/C45H56ClN3O6S2/c1-7-42(47-56(50)45(2,3)4)41-23-16-35(41)30-48-25-9-8-10-34-26-37(46)17-15-36(34)31-55-44-24-22-40(27-43(44)48)57(51,52)49(28-32-11-18-38(53-5)19-12-32)29-33-13-20-39(54-6)21-14-33/h7,11-15,17-22,24,26-27,35,41-42,47H,1,8-10,16,23,25,28-31H2,2-6H3/t35-,41+,42-,56-/m0/s1. The minimum atomic E-state index is -4.04. The summed E-state index contributed by atoms with van der Waals surface area (Å²) in [6.07, 6.45) is 6.57. The number of nitrogens with one attached hydrogen (secondary N) is 1. The lowest BCUT2D eigenvalue weighted by Crippen LogP contribution is -2.52. The molecule has 57 heavy (non-hydrogen) atoms. The van der Waals surface area contributed by atoms with Crippen LogP contribution >= 0.6 is 11.6 Å². The van der Waals surface area contributed by atoms with E-state index in [1.54, 1.807) is 32.4 Å². The SMILES string of the molecule is C=C[C@H](N[S@@+]([O-])C(C)(C)C)[C@@H]1CC[C@H]1CN1CCCCc2cc(Cl)ccc2COc2ccc(S(=O)(=O)N(Cc3ccc(OC)cc3)Cc3ccc(OC)cc3)cc21. The molecule has 1 N–H and O–H groups in total. The molecule has 1 aliphatic heterocycles. The van der Waals surface area contributed by atoms with E-state index in [1.807, 2.05) is 93.6 Å². The van der Waals surface area contributed by atoms with Gasteiger partial charge in [0.2, 0.25) is 10.0 Å². The fraction of sp³-hybridized carbons (Fsp3) is 0.422. The van der Waals surface area contributed by atoms with Crippen LogP contribution < -0.4 is 23.8 Å². The van der Waals surface area contributed by atoms with Crippen LogP contribution in [-0.4, -0.2) is 55.4 Å². The molecule has 4 aromatic carbocycles. The van der Waals surface area contributed by atoms with E-state index in [9.17, 15) is 13.0 Å². The lowest BCUT2D eigenvalue weighted by Gasteiger charge is -2.44. The average molecular weight is 835 g/mol. The van der Waals surface area contributed by atoms with E-state index < -0.39 is 26.1 Å². The molecule has 0 spiro atoms. The number of benzene rings is 4. The molecule has 4 atom stereocenters. The summed E-state index contributed by atoms with van der Waals surface area (Å²) in [6, 6.07) is 26.0. The van der Waals surface area contributed by atoms with Gasteiger partial charge < -0.3 is 23.7 Å². The number of nitrogens with zero attached hydrogens (tertiary/aromatic N) is 2. The molecule has 4 aromatic rings. The highest BCUT2D eigenvalue weighted by atomic mass is 35.5. The number of ether oxygens (including phenoxy) is 3. The van der Waals surface area contributed by atoms with Gasteiger partial charge in [0.1, 0.15) is 28.6 Å². The second-order valence-electron chi connectivity index (χ2n) is 16.0. The van der Waals surface area contributed by atoms with Gasteiger partial charge in [0.05, 0.1) is 30.8 Å². The summed E-state index contributed by atoms with van der Waals surface area (Å²) in [5.74, 6) is 2.53. The molecular weight excluding hydrogens is 778 g/mol. The van der Waals surface area contributed by atoms with Gasteiger partial charge in [-0.15, -0.1) is 11.3 Å². The molecule has 0 aromatic heterocycles. The molecule has 0 amide bonds. The van der Waals surface area contributed by atoms with E-state index in [4.69, 9.17) is 25.8 Å². The topological polar surface area (TPSA) is 103 Å². The zero-order chi connectivity index (χ0) is 40.7. The number of hydrogen-bond acceptors (Lipinski definition) is 8. The summed E-state index contributed by atoms with van der Waals surface area (Å²) in [5, 5.41) is 0.697. The van der Waals surface area contributed by atoms with Crippen LogP contribution in [0, 0.1) is 11.8 Å². The minimum Gasteiger partial charge on any atom is -0.598 e. The third-order valence-electron chi connectivity index (χ3n) is 11.1. The first kappa shape index (κ1) is 42.9. The van der Waals surface area contributed by atoms with Crippen LogP contribution in [0.15, 0.2) is 102 Å². The van der Waals surface area contributed by atoms with Crippen molar-refractivity contribution < 1.29 is 27.2 Å². The zero-order valence-corrected chi connectivity index (χ0v) is 36.1. The van der Waals surface area contributed by atoms with Crippen molar-refractivity contribution in [3.05, 3.63) is 125 Å². The van der Waals surface area contributed by atoms with Crippen molar-refractivity contribution in [3.8, 4) is 17.2 Å². The lowest BCUT2D eigenvalue weighted by molar-refractivity contribution is 0.157. The number of fused-ring (bicyclic) bond motifs is 2. The Balaban J connectivity index is 1.37. The molecule has 1 saturated carbocycles. The summed E-state index contributed by atoms with van der Waals surface area (Å²) in [4.78, 5) is 2.50. The quantitative estimate of drug-likeness (QED) is 0.0992. The Kier molecular flexibility index (Phi) is 14.2. The molecule has 0 bridgehead atoms. The number of aryl methyl sites for hydroxylation is 1. The average Bonchev–Trinajstić information content (AvgIpc) is 3.22. The number of methoxy groups -OCH3 is 2. The summed E-state index contributed by atoms with van der Waals surface area (Å²) in [6.45, 7) is 12.1. The van der Waals surface area contributed by atoms with Gasteiger partial charge >= 0.3 is 0 Å². The first-order chi connectivity index (χ1) is 27.3. The van der Waals surface area contributed by atoms with Gasteiger partial charge in [-0.05, 0) is 142 Å². The lowest BCUT2D eigenvalue weighted by atomic mass is 9.69. The molecule has 306 valence electrons. The third kappa shape index (κ3) is 10.7. The number of sulfonamides is 1. The van der Waals surface area contributed by atoms with Gasteiger partial charge in [0.15, 0.2) is 0 Å². The van der Waals surface area contributed by atoms with E-state index in [1.165, 1.54) is 4.31 Å². The Bertz CT molecular complexity index is 2020. The Labute approximate surface area is 347 Å². The largest absolute Gasteiger partial charge is 0.598 e. The van der Waals surface area contributed by atoms with Crippen LogP contribution in [0.4, 0.5) is 5.69 Å². The Morgan fingerprint density at radius 2 is 1.60 bits per heavy atom. The van der Waals surface area contributed by atoms with Crippen LogP contribution in [0.1, 0.15) is 68.7 Å². The van der Waals surface area contributed by atoms with Crippen molar-refractivity contribution in [3.63, 3.8) is 0 Å². The normalized spacial score (nSPS) is 18.6. The van der Waals surface area contributed by atoms with E-state index >= 15 is 0 Å². The van der Waals surface area contributed by atoms with Crippen molar-refractivity contribution in [2.45, 2.75) is 88.3 Å². The molecule has 9 nitrogen and oxygen atoms in total. The highest BCUT2D eigenvalue weighted by molar-refractivity contribution is 7.90. The van der Waals surface area contributed by atoms with Crippen molar-refractivity contribution in [2.75, 3.05) is 32.2 Å². The fourth-order valence-electron chi connectivity index (χ4n) is 7.51. The molecule has 12 heteroatoms. The van der Waals surface area contributed by atoms with Crippen molar-refractivity contribution >= 4 is 38.7 Å². The molecule has 0 unspecified atom stereocenters. The maximum absolute atomic E-state index is 14.9. The molecule has 0 radical (unpaired) electrons. The summed E-state index contributed by atoms with van der Waals surface area (Å²) in [5.41, 5.74) is 4.64.